The number of anilines is 1. The monoisotopic (exact) mass is 358 g/mol. The van der Waals surface area contributed by atoms with Gasteiger partial charge in [-0.2, -0.15) is 9.97 Å². The van der Waals surface area contributed by atoms with Crippen LogP contribution in [0.3, 0.4) is 0 Å². The van der Waals surface area contributed by atoms with E-state index in [1.807, 2.05) is 0 Å². The zero-order valence-electron chi connectivity index (χ0n) is 14.1. The summed E-state index contributed by atoms with van der Waals surface area (Å²) in [5.74, 6) is -0.662. The maximum atomic E-state index is 11.3. The number of rotatable bonds is 6. The van der Waals surface area contributed by atoms with Crippen LogP contribution in [0.15, 0.2) is 18.2 Å². The molecule has 0 bridgehead atoms. The SMILES string of the molecule is COc1cc(OC)nc(Oc2ccc(N(C)C)nc2C(=O)[O-])n1.[K+]. The third kappa shape index (κ3) is 5.01. The van der Waals surface area contributed by atoms with Crippen LogP contribution in [-0.2, 0) is 0 Å². The molecule has 0 radical (unpaired) electrons. The third-order valence-electron chi connectivity index (χ3n) is 2.77. The van der Waals surface area contributed by atoms with Gasteiger partial charge in [0.15, 0.2) is 5.75 Å². The van der Waals surface area contributed by atoms with Gasteiger partial charge >= 0.3 is 57.4 Å². The van der Waals surface area contributed by atoms with Crippen molar-refractivity contribution < 1.29 is 75.5 Å². The van der Waals surface area contributed by atoms with Crippen LogP contribution >= 0.6 is 0 Å². The number of methoxy groups -OCH3 is 2. The van der Waals surface area contributed by atoms with Gasteiger partial charge in [-0.1, -0.05) is 0 Å². The third-order valence-corrected chi connectivity index (χ3v) is 2.77. The molecule has 24 heavy (non-hydrogen) atoms. The Morgan fingerprint density at radius 1 is 1.08 bits per heavy atom. The van der Waals surface area contributed by atoms with E-state index in [4.69, 9.17) is 14.2 Å². The van der Waals surface area contributed by atoms with Gasteiger partial charge in [0, 0.05) is 14.1 Å². The van der Waals surface area contributed by atoms with E-state index >= 15 is 0 Å². The van der Waals surface area contributed by atoms with E-state index in [0.717, 1.165) is 0 Å². The molecule has 0 saturated carbocycles. The van der Waals surface area contributed by atoms with Gasteiger partial charge in [0.25, 0.3) is 0 Å². The van der Waals surface area contributed by atoms with Crippen molar-refractivity contribution in [3.8, 4) is 23.5 Å². The topological polar surface area (TPSA) is 110 Å². The summed E-state index contributed by atoms with van der Waals surface area (Å²) in [6.45, 7) is 0. The maximum absolute atomic E-state index is 11.3. The van der Waals surface area contributed by atoms with Crippen LogP contribution in [0.25, 0.3) is 0 Å². The second-order valence-corrected chi connectivity index (χ2v) is 4.54. The molecule has 0 atom stereocenters. The molecule has 0 amide bonds. The number of pyridine rings is 1. The molecule has 0 aliphatic heterocycles. The first-order valence-electron chi connectivity index (χ1n) is 6.49. The Kier molecular flexibility index (Phi) is 7.83. The molecule has 0 aliphatic rings. The molecule has 9 nitrogen and oxygen atoms in total. The Labute approximate surface area is 181 Å². The minimum atomic E-state index is -1.47. The summed E-state index contributed by atoms with van der Waals surface area (Å²) in [5, 5.41) is 11.3. The van der Waals surface area contributed by atoms with E-state index in [1.54, 1.807) is 25.1 Å². The zero-order valence-corrected chi connectivity index (χ0v) is 17.2. The number of carboxylic acid groups (broad SMARTS) is 1. The van der Waals surface area contributed by atoms with Crippen LogP contribution < -0.4 is 75.6 Å². The minimum Gasteiger partial charge on any atom is -0.543 e. The molecule has 2 aromatic rings. The largest absolute Gasteiger partial charge is 1.00 e. The number of hydrogen-bond donors (Lipinski definition) is 0. The number of carboxylic acids is 1. The molecule has 2 aromatic heterocycles. The van der Waals surface area contributed by atoms with Gasteiger partial charge in [-0.25, -0.2) is 4.98 Å². The molecular formula is C14H15KN4O5. The van der Waals surface area contributed by atoms with Gasteiger partial charge < -0.3 is 29.0 Å². The number of ether oxygens (including phenoxy) is 3. The molecule has 0 saturated heterocycles. The summed E-state index contributed by atoms with van der Waals surface area (Å²) >= 11 is 0. The number of hydrogen-bond acceptors (Lipinski definition) is 9. The fourth-order valence-corrected chi connectivity index (χ4v) is 1.65. The van der Waals surface area contributed by atoms with Gasteiger partial charge in [-0.3, -0.25) is 0 Å². The molecule has 0 aliphatic carbocycles. The van der Waals surface area contributed by atoms with E-state index in [9.17, 15) is 9.90 Å². The Balaban J connectivity index is 0.00000288. The molecule has 10 heteroatoms. The first-order valence-corrected chi connectivity index (χ1v) is 6.49. The molecule has 0 spiro atoms. The quantitative estimate of drug-likeness (QED) is 0.503. The molecule has 2 heterocycles. The van der Waals surface area contributed by atoms with E-state index in [1.165, 1.54) is 26.4 Å². The fourth-order valence-electron chi connectivity index (χ4n) is 1.65. The zero-order chi connectivity index (χ0) is 17.0. The average Bonchev–Trinajstić information content (AvgIpc) is 2.54. The molecule has 0 aromatic carbocycles. The van der Waals surface area contributed by atoms with Crippen molar-refractivity contribution in [2.75, 3.05) is 33.2 Å². The normalized spacial score (nSPS) is 9.67. The first kappa shape index (κ1) is 20.6. The molecule has 122 valence electrons. The van der Waals surface area contributed by atoms with E-state index in [0.29, 0.717) is 5.82 Å². The summed E-state index contributed by atoms with van der Waals surface area (Å²) in [5.41, 5.74) is -0.360. The maximum Gasteiger partial charge on any atom is 1.00 e. The summed E-state index contributed by atoms with van der Waals surface area (Å²) in [4.78, 5) is 24.8. The van der Waals surface area contributed by atoms with Crippen LogP contribution in [0.4, 0.5) is 5.82 Å². The standard InChI is InChI=1S/C14H16N4O5.K/c1-18(2)9-6-5-8(12(15-9)13(19)20)23-14-16-10(21-3)7-11(17-14)22-4;/h5-7H,1-4H3,(H,19,20);/q;+1/p-1. The van der Waals surface area contributed by atoms with Gasteiger partial charge in [0.1, 0.15) is 11.5 Å². The van der Waals surface area contributed by atoms with Gasteiger partial charge in [-0.15, -0.1) is 0 Å². The van der Waals surface area contributed by atoms with Crippen LogP contribution in [-0.4, -0.2) is 49.2 Å². The van der Waals surface area contributed by atoms with Crippen molar-refractivity contribution >= 4 is 11.8 Å². The Morgan fingerprint density at radius 2 is 1.67 bits per heavy atom. The van der Waals surface area contributed by atoms with E-state index in [2.05, 4.69) is 15.0 Å². The van der Waals surface area contributed by atoms with E-state index < -0.39 is 5.97 Å². The van der Waals surface area contributed by atoms with Gasteiger partial charge in [-0.05, 0) is 12.1 Å². The van der Waals surface area contributed by atoms with Crippen LogP contribution in [0.1, 0.15) is 10.5 Å². The molecule has 2 rings (SSSR count). The molecule has 0 unspecified atom stereocenters. The number of aromatic carboxylic acids is 1. The summed E-state index contributed by atoms with van der Waals surface area (Å²) < 4.78 is 15.4. The van der Waals surface area contributed by atoms with E-state index in [-0.39, 0.29) is 80.6 Å². The predicted octanol–water partition coefficient (Wildman–Crippen LogP) is -2.89. The second kappa shape index (κ2) is 9.13. The summed E-state index contributed by atoms with van der Waals surface area (Å²) in [6.07, 6.45) is 0. The van der Waals surface area contributed by atoms with Crippen molar-refractivity contribution in [1.82, 2.24) is 15.0 Å². The van der Waals surface area contributed by atoms with Crippen molar-refractivity contribution in [2.45, 2.75) is 0 Å². The number of carbonyl (C=O) groups is 1. The van der Waals surface area contributed by atoms with Crippen LogP contribution in [0.2, 0.25) is 0 Å². The molecule has 0 N–H and O–H groups in total. The molecule has 0 fully saturated rings. The Hall–Kier alpha value is -1.46. The number of nitrogens with zero attached hydrogens (tertiary/aromatic N) is 4. The van der Waals surface area contributed by atoms with Gasteiger partial charge in [0.05, 0.1) is 26.3 Å². The van der Waals surface area contributed by atoms with Crippen molar-refractivity contribution in [1.29, 1.82) is 0 Å². The van der Waals surface area contributed by atoms with Crippen molar-refractivity contribution in [2.24, 2.45) is 0 Å². The minimum absolute atomic E-state index is 0. The first-order chi connectivity index (χ1) is 10.9. The number of aromatic nitrogens is 3. The smallest absolute Gasteiger partial charge is 0.543 e. The van der Waals surface area contributed by atoms with Crippen LogP contribution in [0, 0.1) is 0 Å². The summed E-state index contributed by atoms with van der Waals surface area (Å²) in [6, 6.07) is 4.37. The van der Waals surface area contributed by atoms with Crippen LogP contribution in [0.5, 0.6) is 23.5 Å². The Bertz CT molecular complexity index is 704. The van der Waals surface area contributed by atoms with Gasteiger partial charge in [0.2, 0.25) is 11.8 Å². The second-order valence-electron chi connectivity index (χ2n) is 4.54. The molecular weight excluding hydrogens is 343 g/mol. The Morgan fingerprint density at radius 3 is 2.12 bits per heavy atom. The van der Waals surface area contributed by atoms with Crippen molar-refractivity contribution in [3.63, 3.8) is 0 Å². The average molecular weight is 358 g/mol. The summed E-state index contributed by atoms with van der Waals surface area (Å²) in [7, 11) is 6.31. The number of carbonyl (C=O) groups excluding carboxylic acids is 1. The fraction of sp³-hybridized carbons (Fsp3) is 0.286. The van der Waals surface area contributed by atoms with Crippen molar-refractivity contribution in [3.05, 3.63) is 23.9 Å². The predicted molar refractivity (Wildman–Crippen MR) is 78.1 cm³/mol.